The van der Waals surface area contributed by atoms with Crippen LogP contribution in [0.25, 0.3) is 21.8 Å². The molecule has 5 aromatic rings. The molecule has 2 N–H and O–H groups in total. The minimum absolute atomic E-state index is 0.0593. The Morgan fingerprint density at radius 3 is 2.53 bits per heavy atom. The highest BCUT2D eigenvalue weighted by atomic mass is 32.2. The zero-order chi connectivity index (χ0) is 24.7. The molecule has 6 nitrogen and oxygen atoms in total. The Labute approximate surface area is 213 Å². The molecule has 0 saturated carbocycles. The first-order chi connectivity index (χ1) is 17.7. The van der Waals surface area contributed by atoms with Gasteiger partial charge in [0.15, 0.2) is 5.16 Å². The number of carbonyl (C=O) groups excluding carboxylic acids is 1. The number of para-hydroxylation sites is 2. The molecular weight excluding hydrogens is 468 g/mol. The Kier molecular flexibility index (Phi) is 7.47. The number of thioether (sulfide) groups is 1. The number of amides is 1. The largest absolute Gasteiger partial charge is 0.361 e. The molecule has 2 heterocycles. The van der Waals surface area contributed by atoms with E-state index in [0.717, 1.165) is 24.8 Å². The summed E-state index contributed by atoms with van der Waals surface area (Å²) in [5, 5.41) is 5.37. The lowest BCUT2D eigenvalue weighted by Crippen LogP contribution is -2.28. The van der Waals surface area contributed by atoms with Gasteiger partial charge in [-0.3, -0.25) is 14.2 Å². The van der Waals surface area contributed by atoms with Gasteiger partial charge in [0.2, 0.25) is 5.91 Å². The van der Waals surface area contributed by atoms with Crippen molar-refractivity contribution in [2.24, 2.45) is 0 Å². The van der Waals surface area contributed by atoms with E-state index in [1.807, 2.05) is 66.9 Å². The van der Waals surface area contributed by atoms with Crippen molar-refractivity contribution in [1.82, 2.24) is 19.9 Å². The normalized spacial score (nSPS) is 11.2. The van der Waals surface area contributed by atoms with Gasteiger partial charge in [0.25, 0.3) is 5.56 Å². The highest BCUT2D eigenvalue weighted by Crippen LogP contribution is 2.19. The molecule has 1 amide bonds. The van der Waals surface area contributed by atoms with Gasteiger partial charge in [-0.05, 0) is 48.6 Å². The Balaban J connectivity index is 1.23. The third kappa shape index (κ3) is 5.52. The van der Waals surface area contributed by atoms with Crippen molar-refractivity contribution >= 4 is 39.5 Å². The number of fused-ring (bicyclic) bond motifs is 2. The van der Waals surface area contributed by atoms with E-state index in [9.17, 15) is 9.59 Å². The van der Waals surface area contributed by atoms with Crippen LogP contribution in [0.5, 0.6) is 0 Å². The SMILES string of the molecule is O=C(CSc1nc2ccccc2c(=O)n1CCCc1ccccc1)NCCc1c[nH]c2ccccc12. The molecule has 0 aliphatic carbocycles. The van der Waals surface area contributed by atoms with Crippen molar-refractivity contribution in [2.75, 3.05) is 12.3 Å². The van der Waals surface area contributed by atoms with Crippen molar-refractivity contribution in [3.8, 4) is 0 Å². The van der Waals surface area contributed by atoms with Gasteiger partial charge in [-0.2, -0.15) is 0 Å². The number of rotatable bonds is 10. The van der Waals surface area contributed by atoms with E-state index in [0.29, 0.717) is 29.1 Å². The van der Waals surface area contributed by atoms with Gasteiger partial charge in [-0.1, -0.05) is 72.4 Å². The molecule has 0 aliphatic rings. The fourth-order valence-electron chi connectivity index (χ4n) is 4.40. The molecule has 0 fully saturated rings. The number of nitrogens with one attached hydrogen (secondary N) is 2. The Bertz CT molecular complexity index is 1540. The first kappa shape index (κ1) is 23.9. The lowest BCUT2D eigenvalue weighted by molar-refractivity contribution is -0.118. The smallest absolute Gasteiger partial charge is 0.262 e. The van der Waals surface area contributed by atoms with Crippen LogP contribution in [-0.4, -0.2) is 32.7 Å². The molecule has 0 unspecified atom stereocenters. The van der Waals surface area contributed by atoms with Gasteiger partial charge >= 0.3 is 0 Å². The van der Waals surface area contributed by atoms with Crippen LogP contribution in [0.2, 0.25) is 0 Å². The van der Waals surface area contributed by atoms with Crippen LogP contribution in [0.1, 0.15) is 17.5 Å². The summed E-state index contributed by atoms with van der Waals surface area (Å²) in [4.78, 5) is 33.9. The van der Waals surface area contributed by atoms with Crippen LogP contribution in [0, 0.1) is 0 Å². The number of aromatic amines is 1. The number of hydrogen-bond acceptors (Lipinski definition) is 4. The summed E-state index contributed by atoms with van der Waals surface area (Å²) in [6.45, 7) is 1.10. The molecule has 0 aliphatic heterocycles. The number of aryl methyl sites for hydroxylation is 1. The fourth-order valence-corrected chi connectivity index (χ4v) is 5.25. The minimum atomic E-state index is -0.0712. The average molecular weight is 497 g/mol. The summed E-state index contributed by atoms with van der Waals surface area (Å²) in [6.07, 6.45) is 4.43. The zero-order valence-corrected chi connectivity index (χ0v) is 20.8. The highest BCUT2D eigenvalue weighted by Gasteiger charge is 2.13. The summed E-state index contributed by atoms with van der Waals surface area (Å²) >= 11 is 1.31. The third-order valence-corrected chi connectivity index (χ3v) is 7.22. The number of nitrogens with zero attached hydrogens (tertiary/aromatic N) is 2. The van der Waals surface area contributed by atoms with Crippen molar-refractivity contribution in [2.45, 2.75) is 31.0 Å². The van der Waals surface area contributed by atoms with Crippen molar-refractivity contribution < 1.29 is 4.79 Å². The second kappa shape index (κ2) is 11.3. The number of H-pyrrole nitrogens is 1. The van der Waals surface area contributed by atoms with Crippen molar-refractivity contribution in [1.29, 1.82) is 0 Å². The predicted octanol–water partition coefficient (Wildman–Crippen LogP) is 4.96. The Hall–Kier alpha value is -3.84. The van der Waals surface area contributed by atoms with Crippen LogP contribution in [-0.2, 0) is 24.2 Å². The molecule has 0 atom stereocenters. The zero-order valence-electron chi connectivity index (χ0n) is 19.9. The fraction of sp³-hybridized carbons (Fsp3) is 0.207. The second-order valence-electron chi connectivity index (χ2n) is 8.71. The molecule has 0 spiro atoms. The number of hydrogen-bond donors (Lipinski definition) is 2. The lowest BCUT2D eigenvalue weighted by atomic mass is 10.1. The van der Waals surface area contributed by atoms with Crippen molar-refractivity contribution in [3.05, 3.63) is 107 Å². The van der Waals surface area contributed by atoms with Gasteiger partial charge in [-0.25, -0.2) is 4.98 Å². The molecule has 5 rings (SSSR count). The van der Waals surface area contributed by atoms with Crippen LogP contribution in [0.4, 0.5) is 0 Å². The second-order valence-corrected chi connectivity index (χ2v) is 9.65. The van der Waals surface area contributed by atoms with E-state index >= 15 is 0 Å². The summed E-state index contributed by atoms with van der Waals surface area (Å²) in [6, 6.07) is 25.8. The van der Waals surface area contributed by atoms with E-state index in [1.165, 1.54) is 28.3 Å². The van der Waals surface area contributed by atoms with Crippen molar-refractivity contribution in [3.63, 3.8) is 0 Å². The topological polar surface area (TPSA) is 79.8 Å². The summed E-state index contributed by atoms with van der Waals surface area (Å²) in [7, 11) is 0. The molecule has 0 radical (unpaired) electrons. The molecular formula is C29H28N4O2S. The van der Waals surface area contributed by atoms with Gasteiger partial charge in [0.1, 0.15) is 0 Å². The Morgan fingerprint density at radius 2 is 1.67 bits per heavy atom. The van der Waals surface area contributed by atoms with E-state index in [4.69, 9.17) is 4.98 Å². The van der Waals surface area contributed by atoms with Gasteiger partial charge in [-0.15, -0.1) is 0 Å². The summed E-state index contributed by atoms with van der Waals surface area (Å²) in [5.74, 6) is 0.134. The summed E-state index contributed by atoms with van der Waals surface area (Å²) < 4.78 is 1.72. The first-order valence-corrected chi connectivity index (χ1v) is 13.2. The monoisotopic (exact) mass is 496 g/mol. The Morgan fingerprint density at radius 1 is 0.917 bits per heavy atom. The first-order valence-electron chi connectivity index (χ1n) is 12.2. The van der Waals surface area contributed by atoms with Crippen LogP contribution in [0.15, 0.2) is 95.0 Å². The van der Waals surface area contributed by atoms with E-state index < -0.39 is 0 Å². The van der Waals surface area contributed by atoms with E-state index in [2.05, 4.69) is 28.5 Å². The molecule has 0 saturated heterocycles. The molecule has 7 heteroatoms. The van der Waals surface area contributed by atoms with Crippen LogP contribution < -0.4 is 10.9 Å². The maximum atomic E-state index is 13.3. The van der Waals surface area contributed by atoms with Gasteiger partial charge in [0, 0.05) is 30.2 Å². The van der Waals surface area contributed by atoms with Gasteiger partial charge in [0.05, 0.1) is 16.7 Å². The quantitative estimate of drug-likeness (QED) is 0.212. The van der Waals surface area contributed by atoms with Crippen LogP contribution >= 0.6 is 11.8 Å². The molecule has 182 valence electrons. The lowest BCUT2D eigenvalue weighted by Gasteiger charge is -2.13. The number of carbonyl (C=O) groups is 1. The number of benzene rings is 3. The highest BCUT2D eigenvalue weighted by molar-refractivity contribution is 7.99. The minimum Gasteiger partial charge on any atom is -0.361 e. The standard InChI is InChI=1S/C29H28N4O2S/c34-27(30-17-16-22-19-31-25-14-6-4-12-23(22)25)20-36-29-32-26-15-7-5-13-24(26)28(35)33(29)18-8-11-21-9-2-1-3-10-21/h1-7,9-10,12-15,19,31H,8,11,16-18,20H2,(H,30,34). The van der Waals surface area contributed by atoms with Crippen LogP contribution in [0.3, 0.4) is 0 Å². The van der Waals surface area contributed by atoms with E-state index in [1.54, 1.807) is 4.57 Å². The average Bonchev–Trinajstić information content (AvgIpc) is 3.32. The molecule has 0 bridgehead atoms. The maximum absolute atomic E-state index is 13.3. The molecule has 36 heavy (non-hydrogen) atoms. The maximum Gasteiger partial charge on any atom is 0.262 e. The molecule has 2 aromatic heterocycles. The predicted molar refractivity (Wildman–Crippen MR) is 147 cm³/mol. The summed E-state index contributed by atoms with van der Waals surface area (Å²) in [5.41, 5.74) is 4.12. The van der Waals surface area contributed by atoms with E-state index in [-0.39, 0.29) is 17.2 Å². The number of aromatic nitrogens is 3. The third-order valence-electron chi connectivity index (χ3n) is 6.24. The molecule has 3 aromatic carbocycles. The van der Waals surface area contributed by atoms with Gasteiger partial charge < -0.3 is 10.3 Å².